The fraction of sp³-hybridized carbons (Fsp3) is 0.364. The Bertz CT molecular complexity index is 416. The van der Waals surface area contributed by atoms with E-state index in [0.29, 0.717) is 12.1 Å². The van der Waals surface area contributed by atoms with Crippen LogP contribution >= 0.6 is 0 Å². The minimum Gasteiger partial charge on any atom is -0.356 e. The predicted molar refractivity (Wildman–Crippen MR) is 60.2 cm³/mol. The van der Waals surface area contributed by atoms with Crippen LogP contribution in [-0.4, -0.2) is 17.4 Å². The van der Waals surface area contributed by atoms with Crippen LogP contribution in [0.5, 0.6) is 0 Å². The minimum absolute atomic E-state index is 0.0734. The highest BCUT2D eigenvalue weighted by molar-refractivity contribution is 5.78. The van der Waals surface area contributed by atoms with Gasteiger partial charge in [0.25, 0.3) is 5.69 Å². The summed E-state index contributed by atoms with van der Waals surface area (Å²) in [6.07, 6.45) is 0.257. The van der Waals surface area contributed by atoms with E-state index in [1.54, 1.807) is 19.1 Å². The molecule has 16 heavy (non-hydrogen) atoms. The Kier molecular flexibility index (Phi) is 3.99. The standard InChI is InChI=1S/C11H14N2O3/c1-3-12-11(14)7-9-4-5-10(13(15)16)8(2)6-9/h4-6H,3,7H2,1-2H3,(H,12,14). The molecular formula is C11H14N2O3. The quantitative estimate of drug-likeness (QED) is 0.621. The molecule has 0 aliphatic rings. The molecule has 0 unspecified atom stereocenters. The molecule has 0 atom stereocenters. The SMILES string of the molecule is CCNC(=O)Cc1ccc([N+](=O)[O-])c(C)c1. The molecule has 5 nitrogen and oxygen atoms in total. The van der Waals surface area contributed by atoms with E-state index in [2.05, 4.69) is 5.32 Å². The Balaban J connectivity index is 2.81. The van der Waals surface area contributed by atoms with Crippen LogP contribution in [0, 0.1) is 17.0 Å². The molecule has 0 aliphatic heterocycles. The number of rotatable bonds is 4. The largest absolute Gasteiger partial charge is 0.356 e. The third-order valence-corrected chi connectivity index (χ3v) is 2.20. The van der Waals surface area contributed by atoms with E-state index in [-0.39, 0.29) is 18.0 Å². The Hall–Kier alpha value is -1.91. The van der Waals surface area contributed by atoms with Crippen molar-refractivity contribution in [2.24, 2.45) is 0 Å². The fourth-order valence-corrected chi connectivity index (χ4v) is 1.48. The van der Waals surface area contributed by atoms with Crippen LogP contribution in [0.1, 0.15) is 18.1 Å². The van der Waals surface area contributed by atoms with Crippen molar-refractivity contribution in [3.63, 3.8) is 0 Å². The number of nitrogens with one attached hydrogen (secondary N) is 1. The summed E-state index contributed by atoms with van der Waals surface area (Å²) in [5.41, 5.74) is 1.44. The van der Waals surface area contributed by atoms with Gasteiger partial charge >= 0.3 is 0 Å². The van der Waals surface area contributed by atoms with E-state index in [4.69, 9.17) is 0 Å². The third kappa shape index (κ3) is 3.05. The number of carbonyl (C=O) groups excluding carboxylic acids is 1. The molecule has 0 radical (unpaired) electrons. The van der Waals surface area contributed by atoms with Gasteiger partial charge in [0.05, 0.1) is 11.3 Å². The van der Waals surface area contributed by atoms with E-state index in [0.717, 1.165) is 5.56 Å². The van der Waals surface area contributed by atoms with Crippen molar-refractivity contribution in [2.75, 3.05) is 6.54 Å². The van der Waals surface area contributed by atoms with E-state index in [9.17, 15) is 14.9 Å². The van der Waals surface area contributed by atoms with Crippen LogP contribution in [0.2, 0.25) is 0 Å². The van der Waals surface area contributed by atoms with Crippen molar-refractivity contribution in [1.29, 1.82) is 0 Å². The highest BCUT2D eigenvalue weighted by Crippen LogP contribution is 2.18. The van der Waals surface area contributed by atoms with Crippen molar-refractivity contribution in [3.05, 3.63) is 39.4 Å². The summed E-state index contributed by atoms with van der Waals surface area (Å²) < 4.78 is 0. The molecule has 86 valence electrons. The molecule has 0 spiro atoms. The first-order valence-electron chi connectivity index (χ1n) is 5.05. The second kappa shape index (κ2) is 5.25. The van der Waals surface area contributed by atoms with Gasteiger partial charge in [-0.2, -0.15) is 0 Å². The van der Waals surface area contributed by atoms with Gasteiger partial charge in [-0.1, -0.05) is 6.07 Å². The van der Waals surface area contributed by atoms with Gasteiger partial charge in [-0.25, -0.2) is 0 Å². The Morgan fingerprint density at radius 2 is 2.19 bits per heavy atom. The number of carbonyl (C=O) groups is 1. The van der Waals surface area contributed by atoms with Crippen molar-refractivity contribution >= 4 is 11.6 Å². The topological polar surface area (TPSA) is 72.2 Å². The van der Waals surface area contributed by atoms with Crippen molar-refractivity contribution in [3.8, 4) is 0 Å². The van der Waals surface area contributed by atoms with Crippen LogP contribution in [0.3, 0.4) is 0 Å². The van der Waals surface area contributed by atoms with E-state index in [1.807, 2.05) is 6.92 Å². The van der Waals surface area contributed by atoms with Crippen LogP contribution in [0.15, 0.2) is 18.2 Å². The van der Waals surface area contributed by atoms with Gasteiger partial charge in [-0.3, -0.25) is 14.9 Å². The smallest absolute Gasteiger partial charge is 0.272 e. The first-order chi connectivity index (χ1) is 7.54. The molecule has 0 heterocycles. The van der Waals surface area contributed by atoms with Gasteiger partial charge in [0.2, 0.25) is 5.91 Å². The maximum absolute atomic E-state index is 11.3. The second-order valence-electron chi connectivity index (χ2n) is 3.51. The number of hydrogen-bond acceptors (Lipinski definition) is 3. The van der Waals surface area contributed by atoms with Gasteiger partial charge in [0, 0.05) is 18.2 Å². The number of amides is 1. The molecule has 0 fully saturated rings. The summed E-state index contributed by atoms with van der Waals surface area (Å²) in [6.45, 7) is 4.10. The lowest BCUT2D eigenvalue weighted by atomic mass is 10.1. The number of likely N-dealkylation sites (N-methyl/N-ethyl adjacent to an activating group) is 1. The summed E-state index contributed by atoms with van der Waals surface area (Å²) in [5.74, 6) is -0.0734. The van der Waals surface area contributed by atoms with E-state index < -0.39 is 4.92 Å². The minimum atomic E-state index is -0.425. The molecule has 0 aliphatic carbocycles. The zero-order valence-electron chi connectivity index (χ0n) is 9.32. The molecule has 1 N–H and O–H groups in total. The summed E-state index contributed by atoms with van der Waals surface area (Å²) in [6, 6.07) is 4.72. The maximum Gasteiger partial charge on any atom is 0.272 e. The normalized spacial score (nSPS) is 9.88. The summed E-state index contributed by atoms with van der Waals surface area (Å²) in [5, 5.41) is 13.3. The van der Waals surface area contributed by atoms with E-state index in [1.165, 1.54) is 6.07 Å². The van der Waals surface area contributed by atoms with Crippen molar-refractivity contribution < 1.29 is 9.72 Å². The number of benzene rings is 1. The maximum atomic E-state index is 11.3. The zero-order chi connectivity index (χ0) is 12.1. The zero-order valence-corrected chi connectivity index (χ0v) is 9.32. The van der Waals surface area contributed by atoms with Gasteiger partial charge in [-0.05, 0) is 25.5 Å². The third-order valence-electron chi connectivity index (χ3n) is 2.20. The van der Waals surface area contributed by atoms with Crippen LogP contribution < -0.4 is 5.32 Å². The molecule has 0 saturated heterocycles. The van der Waals surface area contributed by atoms with Crippen LogP contribution in [-0.2, 0) is 11.2 Å². The number of nitro groups is 1. The van der Waals surface area contributed by atoms with Gasteiger partial charge in [-0.15, -0.1) is 0 Å². The number of aryl methyl sites for hydroxylation is 1. The fourth-order valence-electron chi connectivity index (χ4n) is 1.48. The molecule has 1 aromatic rings. The lowest BCUT2D eigenvalue weighted by molar-refractivity contribution is -0.385. The second-order valence-corrected chi connectivity index (χ2v) is 3.51. The molecule has 5 heteroatoms. The number of nitrogens with zero attached hydrogens (tertiary/aromatic N) is 1. The number of nitro benzene ring substituents is 1. The molecule has 1 amide bonds. The molecule has 1 rings (SSSR count). The molecule has 0 saturated carbocycles. The van der Waals surface area contributed by atoms with Gasteiger partial charge in [0.15, 0.2) is 0 Å². The summed E-state index contributed by atoms with van der Waals surface area (Å²) in [7, 11) is 0. The molecular weight excluding hydrogens is 208 g/mol. The monoisotopic (exact) mass is 222 g/mol. The first-order valence-corrected chi connectivity index (χ1v) is 5.05. The van der Waals surface area contributed by atoms with Gasteiger partial charge in [0.1, 0.15) is 0 Å². The molecule has 0 aromatic heterocycles. The average molecular weight is 222 g/mol. The Morgan fingerprint density at radius 3 is 2.69 bits per heavy atom. The summed E-state index contributed by atoms with van der Waals surface area (Å²) in [4.78, 5) is 21.5. The highest BCUT2D eigenvalue weighted by atomic mass is 16.6. The lowest BCUT2D eigenvalue weighted by Crippen LogP contribution is -2.24. The number of hydrogen-bond donors (Lipinski definition) is 1. The van der Waals surface area contributed by atoms with Gasteiger partial charge < -0.3 is 5.32 Å². The molecule has 1 aromatic carbocycles. The summed E-state index contributed by atoms with van der Waals surface area (Å²) >= 11 is 0. The Labute approximate surface area is 93.6 Å². The molecule has 0 bridgehead atoms. The predicted octanol–water partition coefficient (Wildman–Crippen LogP) is 1.58. The Morgan fingerprint density at radius 1 is 1.50 bits per heavy atom. The average Bonchev–Trinajstić information content (AvgIpc) is 2.17. The lowest BCUT2D eigenvalue weighted by Gasteiger charge is -2.03. The van der Waals surface area contributed by atoms with Crippen molar-refractivity contribution in [2.45, 2.75) is 20.3 Å². The van der Waals surface area contributed by atoms with E-state index >= 15 is 0 Å². The van der Waals surface area contributed by atoms with Crippen molar-refractivity contribution in [1.82, 2.24) is 5.32 Å². The van der Waals surface area contributed by atoms with Crippen LogP contribution in [0.4, 0.5) is 5.69 Å². The first kappa shape index (κ1) is 12.2. The van der Waals surface area contributed by atoms with Crippen LogP contribution in [0.25, 0.3) is 0 Å². The highest BCUT2D eigenvalue weighted by Gasteiger charge is 2.11.